The maximum absolute atomic E-state index is 16.5. The number of ether oxygens (including phenoxy) is 8. The molecule has 362 valence electrons. The number of fused-ring (bicyclic) bond motifs is 3. The highest BCUT2D eigenvalue weighted by atomic mass is 16.8. The van der Waals surface area contributed by atoms with Gasteiger partial charge in [0.2, 0.25) is 12.2 Å². The number of methoxy groups -OCH3 is 1. The van der Waals surface area contributed by atoms with Gasteiger partial charge in [-0.25, -0.2) is 14.5 Å². The van der Waals surface area contributed by atoms with Crippen molar-refractivity contribution >= 4 is 29.6 Å². The zero-order valence-corrected chi connectivity index (χ0v) is 40.2. The van der Waals surface area contributed by atoms with Crippen molar-refractivity contribution in [3.05, 3.63) is 64.0 Å². The quantitative estimate of drug-likeness (QED) is 0.140. The van der Waals surface area contributed by atoms with Crippen LogP contribution in [-0.2, 0) is 39.7 Å². The van der Waals surface area contributed by atoms with E-state index in [1.54, 1.807) is 26.8 Å². The van der Waals surface area contributed by atoms with Crippen molar-refractivity contribution in [3.63, 3.8) is 0 Å². The molecule has 6 fully saturated rings. The van der Waals surface area contributed by atoms with Crippen molar-refractivity contribution in [1.29, 1.82) is 0 Å². The normalized spacial score (nSPS) is 36.1. The lowest BCUT2D eigenvalue weighted by Gasteiger charge is -2.62. The molecule has 1 aromatic heterocycles. The molecule has 6 heterocycles. The van der Waals surface area contributed by atoms with Gasteiger partial charge in [-0.05, 0) is 107 Å². The summed E-state index contributed by atoms with van der Waals surface area (Å²) in [5, 5.41) is 27.9. The highest BCUT2D eigenvalue weighted by Crippen LogP contribution is 2.72. The van der Waals surface area contributed by atoms with Crippen LogP contribution in [0.15, 0.2) is 47.4 Å². The summed E-state index contributed by atoms with van der Waals surface area (Å²) in [6, 6.07) is -0.945. The van der Waals surface area contributed by atoms with E-state index in [0.717, 1.165) is 5.57 Å². The maximum atomic E-state index is 16.5. The maximum Gasteiger partial charge on any atom is 0.333 e. The minimum Gasteiger partial charge on any atom is -0.482 e. The molecule has 67 heavy (non-hydrogen) atoms. The molecule has 4 N–H and O–H groups in total. The van der Waals surface area contributed by atoms with Gasteiger partial charge in [-0.1, -0.05) is 29.4 Å². The monoisotopic (exact) mass is 928 g/mol. The topological polar surface area (TPSA) is 222 Å². The molecule has 3 saturated heterocycles. The predicted molar refractivity (Wildman–Crippen MR) is 242 cm³/mol. The van der Waals surface area contributed by atoms with Gasteiger partial charge in [-0.15, -0.1) is 5.10 Å². The SMILES string of the molecule is COC(=O)C(C)=CCC12OC(C)(C)C3CC(C1=O)C(n1cnc(N)n1)C1C(=O)c4c(O[C@H]5O[C@H]6COC(C)(C)O[C@@H]6[C@@H](O)[C@@H]5O)c5c(c(CC=C(C)C)c4OC132)OC(C)(CCC=C(C)C)C=C5. The summed E-state index contributed by atoms with van der Waals surface area (Å²) in [4.78, 5) is 49.2. The molecule has 17 nitrogen and oxygen atoms in total. The molecule has 1 aromatic carbocycles. The smallest absolute Gasteiger partial charge is 0.333 e. The van der Waals surface area contributed by atoms with Gasteiger partial charge in [-0.3, -0.25) is 9.59 Å². The first-order valence-electron chi connectivity index (χ1n) is 23.3. The van der Waals surface area contributed by atoms with Crippen LogP contribution < -0.4 is 19.9 Å². The second-order valence-corrected chi connectivity index (χ2v) is 20.9. The van der Waals surface area contributed by atoms with Crippen molar-refractivity contribution in [2.24, 2.45) is 17.8 Å². The Labute approximate surface area is 390 Å². The largest absolute Gasteiger partial charge is 0.482 e. The van der Waals surface area contributed by atoms with Crippen LogP contribution in [0.25, 0.3) is 6.08 Å². The van der Waals surface area contributed by atoms with E-state index in [9.17, 15) is 15.0 Å². The Morgan fingerprint density at radius 1 is 1.00 bits per heavy atom. The fraction of sp³-hybridized carbons (Fsp3) is 0.620. The van der Waals surface area contributed by atoms with Gasteiger partial charge in [0.15, 0.2) is 28.6 Å². The fourth-order valence-corrected chi connectivity index (χ4v) is 11.8. The van der Waals surface area contributed by atoms with E-state index in [0.29, 0.717) is 29.7 Å². The first kappa shape index (κ1) is 47.2. The van der Waals surface area contributed by atoms with Crippen LogP contribution in [0.4, 0.5) is 5.95 Å². The summed E-state index contributed by atoms with van der Waals surface area (Å²) < 4.78 is 53.6. The minimum atomic E-state index is -1.79. The Balaban J connectivity index is 1.30. The average Bonchev–Trinajstić information content (AvgIpc) is 3.75. The summed E-state index contributed by atoms with van der Waals surface area (Å²) in [5.74, 6) is -4.48. The standard InChI is InChI=1S/C50H64N4O13/c1-24(2)13-12-18-48(10)19-17-28-38(65-48)27(15-14-25(3)4)40-32(39(28)63-44-37(57)36(56)41-30(62-44)22-61-47(8,9)64-41)35(55)33-34(54-23-52-45(51)53-54)29-21-31-46(6,7)67-49(42(29)58,50(31,33)66-40)20-16-26(5)43(59)60-11/h13-14,16-17,19,23,29-31,33-34,36-37,41,44,56-57H,12,15,18,20-22H2,1-11H3,(H2,51,53)/t29?,30-,31?,33?,34?,36-,37-,41-,44+,48?,49?,50?/m0/s1. The number of carbonyl (C=O) groups excluding carboxylic acids is 3. The minimum absolute atomic E-state index is 0.00582. The van der Waals surface area contributed by atoms with E-state index in [1.807, 2.05) is 66.7 Å². The number of nitrogens with zero attached hydrogens (tertiary/aromatic N) is 3. The molecule has 4 bridgehead atoms. The number of aromatic nitrogens is 3. The number of rotatable bonds is 11. The van der Waals surface area contributed by atoms with Crippen LogP contribution in [-0.4, -0.2) is 115 Å². The number of esters is 1. The molecule has 0 radical (unpaired) electrons. The molecule has 3 saturated carbocycles. The van der Waals surface area contributed by atoms with Gasteiger partial charge in [0.1, 0.15) is 59.2 Å². The molecule has 0 amide bonds. The number of nitrogen functional groups attached to an aromatic ring is 1. The van der Waals surface area contributed by atoms with E-state index in [-0.39, 0.29) is 60.2 Å². The third kappa shape index (κ3) is 7.37. The Morgan fingerprint density at radius 3 is 2.40 bits per heavy atom. The van der Waals surface area contributed by atoms with Crippen molar-refractivity contribution in [3.8, 4) is 17.2 Å². The van der Waals surface area contributed by atoms with Crippen molar-refractivity contribution < 1.29 is 62.5 Å². The van der Waals surface area contributed by atoms with Crippen LogP contribution in [0.2, 0.25) is 0 Å². The second-order valence-electron chi connectivity index (χ2n) is 20.9. The van der Waals surface area contributed by atoms with E-state index < -0.39 is 94.4 Å². The van der Waals surface area contributed by atoms with Crippen LogP contribution in [0.3, 0.4) is 0 Å². The zero-order chi connectivity index (χ0) is 48.3. The molecule has 3 aliphatic carbocycles. The molecular formula is C50H64N4O13. The van der Waals surface area contributed by atoms with Crippen molar-refractivity contribution in [1.82, 2.24) is 14.8 Å². The number of benzene rings is 1. The molecular weight excluding hydrogens is 865 g/mol. The van der Waals surface area contributed by atoms with Crippen molar-refractivity contribution in [2.45, 2.75) is 166 Å². The van der Waals surface area contributed by atoms with Gasteiger partial charge < -0.3 is 53.8 Å². The summed E-state index contributed by atoms with van der Waals surface area (Å²) in [5.41, 5.74) is 4.16. The Hall–Kier alpha value is -4.91. The summed E-state index contributed by atoms with van der Waals surface area (Å²) in [6.45, 7) is 18.9. The third-order valence-electron chi connectivity index (χ3n) is 14.9. The van der Waals surface area contributed by atoms with Gasteiger partial charge in [-0.2, -0.15) is 0 Å². The number of nitrogens with two attached hydrogens (primary N) is 1. The second kappa shape index (κ2) is 16.4. The van der Waals surface area contributed by atoms with Crippen molar-refractivity contribution in [2.75, 3.05) is 19.5 Å². The number of allylic oxidation sites excluding steroid dienone is 4. The van der Waals surface area contributed by atoms with E-state index in [2.05, 4.69) is 16.2 Å². The molecule has 5 aliphatic heterocycles. The number of aliphatic hydroxyl groups excluding tert-OH is 2. The molecule has 2 aromatic rings. The van der Waals surface area contributed by atoms with Gasteiger partial charge in [0.25, 0.3) is 0 Å². The molecule has 17 heteroatoms. The third-order valence-corrected chi connectivity index (χ3v) is 14.9. The number of carbonyl (C=O) groups is 3. The average molecular weight is 929 g/mol. The first-order chi connectivity index (χ1) is 31.5. The lowest BCUT2D eigenvalue weighted by atomic mass is 9.45. The molecule has 1 spiro atoms. The summed E-state index contributed by atoms with van der Waals surface area (Å²) in [6.07, 6.45) is 6.30. The lowest BCUT2D eigenvalue weighted by Crippen LogP contribution is -2.78. The summed E-state index contributed by atoms with van der Waals surface area (Å²) in [7, 11) is 1.28. The number of Topliss-reactive ketones (excluding diaryl/α,β-unsaturated/α-hetero) is 2. The number of anilines is 1. The predicted octanol–water partition coefficient (Wildman–Crippen LogP) is 5.70. The number of ketones is 2. The molecule has 7 unspecified atom stereocenters. The number of hydrogen-bond donors (Lipinski definition) is 3. The Morgan fingerprint density at radius 2 is 1.73 bits per heavy atom. The van der Waals surface area contributed by atoms with Crippen LogP contribution in [0.1, 0.15) is 122 Å². The van der Waals surface area contributed by atoms with Gasteiger partial charge >= 0.3 is 5.97 Å². The number of aliphatic hydroxyl groups is 2. The molecule has 10 rings (SSSR count). The van der Waals surface area contributed by atoms with Crippen LogP contribution in [0, 0.1) is 17.8 Å². The van der Waals surface area contributed by atoms with Gasteiger partial charge in [0.05, 0.1) is 36.8 Å². The van der Waals surface area contributed by atoms with E-state index in [4.69, 9.17) is 43.6 Å². The first-order valence-corrected chi connectivity index (χ1v) is 23.3. The molecule has 12 atom stereocenters. The Bertz CT molecular complexity index is 2510. The zero-order valence-electron chi connectivity index (χ0n) is 40.2. The highest BCUT2D eigenvalue weighted by Gasteiger charge is 2.86. The van der Waals surface area contributed by atoms with Crippen LogP contribution >= 0.6 is 0 Å². The highest BCUT2D eigenvalue weighted by molar-refractivity contribution is 6.10. The van der Waals surface area contributed by atoms with E-state index in [1.165, 1.54) is 23.7 Å². The summed E-state index contributed by atoms with van der Waals surface area (Å²) >= 11 is 0. The number of hydrogen-bond acceptors (Lipinski definition) is 16. The molecule has 8 aliphatic rings. The van der Waals surface area contributed by atoms with Crippen LogP contribution in [0.5, 0.6) is 17.2 Å². The van der Waals surface area contributed by atoms with Gasteiger partial charge in [0, 0.05) is 29.4 Å². The fourth-order valence-electron chi connectivity index (χ4n) is 11.8. The lowest BCUT2D eigenvalue weighted by molar-refractivity contribution is -0.373. The Kier molecular flexibility index (Phi) is 11.5. The van der Waals surface area contributed by atoms with E-state index >= 15 is 9.59 Å².